The van der Waals surface area contributed by atoms with Crippen molar-refractivity contribution in [3.05, 3.63) is 29.6 Å². The highest BCUT2D eigenvalue weighted by Gasteiger charge is 2.31. The summed E-state index contributed by atoms with van der Waals surface area (Å²) in [7, 11) is 1.85. The highest BCUT2D eigenvalue weighted by Crippen LogP contribution is 2.31. The average molecular weight is 349 g/mol. The number of fused-ring (bicyclic) bond motifs is 1. The van der Waals surface area contributed by atoms with Crippen molar-refractivity contribution in [2.75, 3.05) is 19.6 Å². The number of piperazine rings is 1. The van der Waals surface area contributed by atoms with Crippen LogP contribution in [-0.2, 0) is 19.8 Å². The van der Waals surface area contributed by atoms with E-state index in [0.29, 0.717) is 18.1 Å². The molecule has 0 bridgehead atoms. The van der Waals surface area contributed by atoms with Crippen LogP contribution in [0.2, 0.25) is 0 Å². The van der Waals surface area contributed by atoms with Gasteiger partial charge in [-0.25, -0.2) is 4.98 Å². The maximum absolute atomic E-state index is 12.8. The van der Waals surface area contributed by atoms with E-state index in [-0.39, 0.29) is 12.4 Å². The lowest BCUT2D eigenvalue weighted by atomic mass is 10.2. The second kappa shape index (κ2) is 6.67. The summed E-state index contributed by atoms with van der Waals surface area (Å²) in [5, 5.41) is 3.37. The minimum absolute atomic E-state index is 0. The summed E-state index contributed by atoms with van der Waals surface area (Å²) in [6.45, 7) is 5.52. The Bertz CT molecular complexity index is 683. The van der Waals surface area contributed by atoms with E-state index in [0.717, 1.165) is 43.1 Å². The van der Waals surface area contributed by atoms with Crippen LogP contribution >= 0.6 is 12.4 Å². The predicted octanol–water partition coefficient (Wildman–Crippen LogP) is 2.81. The van der Waals surface area contributed by atoms with E-state index in [4.69, 9.17) is 0 Å². The molecular weight excluding hydrogens is 329 g/mol. The third-order valence-electron chi connectivity index (χ3n) is 4.12. The van der Waals surface area contributed by atoms with Crippen molar-refractivity contribution >= 4 is 23.4 Å². The van der Waals surface area contributed by atoms with Crippen LogP contribution in [0.15, 0.2) is 18.2 Å². The van der Waals surface area contributed by atoms with Gasteiger partial charge in [-0.1, -0.05) is 0 Å². The average Bonchev–Trinajstić information content (AvgIpc) is 2.74. The minimum atomic E-state index is -4.33. The molecule has 0 amide bonds. The zero-order valence-corrected chi connectivity index (χ0v) is 13.8. The van der Waals surface area contributed by atoms with Crippen LogP contribution < -0.4 is 5.32 Å². The number of alkyl halides is 3. The van der Waals surface area contributed by atoms with E-state index in [1.807, 2.05) is 11.6 Å². The molecule has 1 unspecified atom stereocenters. The third-order valence-corrected chi connectivity index (χ3v) is 4.12. The first-order chi connectivity index (χ1) is 10.3. The largest absolute Gasteiger partial charge is 0.416 e. The van der Waals surface area contributed by atoms with Gasteiger partial charge in [-0.2, -0.15) is 13.2 Å². The molecule has 1 N–H and O–H groups in total. The Labute approximate surface area is 139 Å². The molecule has 0 spiro atoms. The molecule has 128 valence electrons. The van der Waals surface area contributed by atoms with Gasteiger partial charge in [0.15, 0.2) is 0 Å². The zero-order valence-electron chi connectivity index (χ0n) is 13.0. The van der Waals surface area contributed by atoms with Crippen molar-refractivity contribution in [1.82, 2.24) is 19.8 Å². The molecule has 4 nitrogen and oxygen atoms in total. The Balaban J connectivity index is 0.00000192. The summed E-state index contributed by atoms with van der Waals surface area (Å²) in [4.78, 5) is 6.68. The number of nitrogens with one attached hydrogen (secondary N) is 1. The van der Waals surface area contributed by atoms with Gasteiger partial charge >= 0.3 is 6.18 Å². The van der Waals surface area contributed by atoms with Gasteiger partial charge in [-0.05, 0) is 25.1 Å². The summed E-state index contributed by atoms with van der Waals surface area (Å²) < 4.78 is 40.2. The lowest BCUT2D eigenvalue weighted by Gasteiger charge is -2.31. The van der Waals surface area contributed by atoms with Crippen LogP contribution in [0.4, 0.5) is 13.2 Å². The number of halogens is 4. The Morgan fingerprint density at radius 1 is 1.35 bits per heavy atom. The summed E-state index contributed by atoms with van der Waals surface area (Å²) in [6, 6.07) is 4.15. The van der Waals surface area contributed by atoms with Crippen LogP contribution in [0.1, 0.15) is 18.3 Å². The van der Waals surface area contributed by atoms with Gasteiger partial charge in [0, 0.05) is 32.7 Å². The molecule has 23 heavy (non-hydrogen) atoms. The minimum Gasteiger partial charge on any atom is -0.330 e. The monoisotopic (exact) mass is 348 g/mol. The zero-order chi connectivity index (χ0) is 15.9. The molecular formula is C15H20ClF3N4. The Morgan fingerprint density at radius 2 is 2.09 bits per heavy atom. The van der Waals surface area contributed by atoms with Gasteiger partial charge in [0.05, 0.1) is 23.1 Å². The molecule has 1 aliphatic heterocycles. The lowest BCUT2D eigenvalue weighted by molar-refractivity contribution is -0.137. The number of rotatable bonds is 2. The number of benzene rings is 1. The molecule has 2 aromatic rings. The summed E-state index contributed by atoms with van der Waals surface area (Å²) >= 11 is 0. The molecule has 1 saturated heterocycles. The first-order valence-corrected chi connectivity index (χ1v) is 7.33. The molecule has 1 atom stereocenters. The molecule has 1 aromatic heterocycles. The van der Waals surface area contributed by atoms with Gasteiger partial charge in [0.25, 0.3) is 0 Å². The topological polar surface area (TPSA) is 33.1 Å². The van der Waals surface area contributed by atoms with Crippen LogP contribution in [0.5, 0.6) is 0 Å². The lowest BCUT2D eigenvalue weighted by Crippen LogP contribution is -2.48. The van der Waals surface area contributed by atoms with Gasteiger partial charge in [0.1, 0.15) is 5.82 Å². The second-order valence-electron chi connectivity index (χ2n) is 5.88. The van der Waals surface area contributed by atoms with E-state index < -0.39 is 11.7 Å². The highest BCUT2D eigenvalue weighted by atomic mass is 35.5. The van der Waals surface area contributed by atoms with Gasteiger partial charge in [-0.3, -0.25) is 4.90 Å². The van der Waals surface area contributed by atoms with Crippen molar-refractivity contribution in [2.24, 2.45) is 7.05 Å². The maximum atomic E-state index is 12.8. The Morgan fingerprint density at radius 3 is 2.74 bits per heavy atom. The van der Waals surface area contributed by atoms with E-state index >= 15 is 0 Å². The van der Waals surface area contributed by atoms with Gasteiger partial charge in [0.2, 0.25) is 0 Å². The van der Waals surface area contributed by atoms with E-state index in [2.05, 4.69) is 22.1 Å². The fourth-order valence-electron chi connectivity index (χ4n) is 2.92. The van der Waals surface area contributed by atoms with E-state index in [1.54, 1.807) is 0 Å². The second-order valence-corrected chi connectivity index (χ2v) is 5.88. The number of hydrogen-bond donors (Lipinski definition) is 1. The van der Waals surface area contributed by atoms with Crippen molar-refractivity contribution in [3.63, 3.8) is 0 Å². The van der Waals surface area contributed by atoms with Crippen LogP contribution in [0, 0.1) is 0 Å². The smallest absolute Gasteiger partial charge is 0.330 e. The number of imidazole rings is 1. The first kappa shape index (κ1) is 18.0. The van der Waals surface area contributed by atoms with Crippen molar-refractivity contribution < 1.29 is 13.2 Å². The number of nitrogens with zero attached hydrogens (tertiary/aromatic N) is 3. The Hall–Kier alpha value is -1.31. The molecule has 1 aromatic carbocycles. The fourth-order valence-corrected chi connectivity index (χ4v) is 2.92. The number of hydrogen-bond acceptors (Lipinski definition) is 3. The first-order valence-electron chi connectivity index (χ1n) is 7.33. The molecule has 0 aliphatic carbocycles. The summed E-state index contributed by atoms with van der Waals surface area (Å²) in [5.74, 6) is 0.795. The summed E-state index contributed by atoms with van der Waals surface area (Å²) in [5.41, 5.74) is 0.474. The standard InChI is InChI=1S/C15H19F3N4.ClH/c1-10-8-22(6-5-19-10)9-14-20-12-7-11(15(16,17)18)3-4-13(12)21(14)2;/h3-4,7,10,19H,5-6,8-9H2,1-2H3;1H. The van der Waals surface area contributed by atoms with E-state index in [1.165, 1.54) is 6.07 Å². The molecule has 0 radical (unpaired) electrons. The molecule has 2 heterocycles. The van der Waals surface area contributed by atoms with Gasteiger partial charge < -0.3 is 9.88 Å². The van der Waals surface area contributed by atoms with Crippen molar-refractivity contribution in [3.8, 4) is 0 Å². The maximum Gasteiger partial charge on any atom is 0.416 e. The van der Waals surface area contributed by atoms with E-state index in [9.17, 15) is 13.2 Å². The normalized spacial score (nSPS) is 19.8. The highest BCUT2D eigenvalue weighted by molar-refractivity contribution is 5.85. The van der Waals surface area contributed by atoms with Crippen LogP contribution in [-0.4, -0.2) is 40.1 Å². The molecule has 1 aliphatic rings. The number of aryl methyl sites for hydroxylation is 1. The number of aromatic nitrogens is 2. The fraction of sp³-hybridized carbons (Fsp3) is 0.533. The van der Waals surface area contributed by atoms with Gasteiger partial charge in [-0.15, -0.1) is 12.4 Å². The summed E-state index contributed by atoms with van der Waals surface area (Å²) in [6.07, 6.45) is -4.33. The van der Waals surface area contributed by atoms with Crippen molar-refractivity contribution in [1.29, 1.82) is 0 Å². The molecule has 1 fully saturated rings. The van der Waals surface area contributed by atoms with Crippen LogP contribution in [0.3, 0.4) is 0 Å². The van der Waals surface area contributed by atoms with Crippen LogP contribution in [0.25, 0.3) is 11.0 Å². The third kappa shape index (κ3) is 3.79. The molecule has 0 saturated carbocycles. The predicted molar refractivity (Wildman–Crippen MR) is 85.7 cm³/mol. The molecule has 3 rings (SSSR count). The SMILES string of the molecule is CC1CN(Cc2nc3cc(C(F)(F)F)ccc3n2C)CCN1.Cl. The Kier molecular flexibility index (Phi) is 5.23. The quantitative estimate of drug-likeness (QED) is 0.906. The van der Waals surface area contributed by atoms with Crippen molar-refractivity contribution in [2.45, 2.75) is 25.7 Å². The molecule has 8 heteroatoms.